The van der Waals surface area contributed by atoms with Gasteiger partial charge in [0.15, 0.2) is 0 Å². The van der Waals surface area contributed by atoms with Gasteiger partial charge in [-0.25, -0.2) is 4.98 Å². The number of aromatic nitrogens is 3. The molecule has 6 nitrogen and oxygen atoms in total. The maximum absolute atomic E-state index is 12.2. The summed E-state index contributed by atoms with van der Waals surface area (Å²) in [6.45, 7) is 4.23. The van der Waals surface area contributed by atoms with E-state index in [4.69, 9.17) is 0 Å². The molecule has 1 N–H and O–H groups in total. The number of para-hydroxylation sites is 1. The van der Waals surface area contributed by atoms with E-state index in [0.29, 0.717) is 28.1 Å². The van der Waals surface area contributed by atoms with Crippen molar-refractivity contribution in [2.75, 3.05) is 11.1 Å². The first-order valence-corrected chi connectivity index (χ1v) is 10.3. The van der Waals surface area contributed by atoms with Crippen molar-refractivity contribution in [3.63, 3.8) is 0 Å². The second kappa shape index (κ2) is 8.46. The fraction of sp³-hybridized carbons (Fsp3) is 0.333. The van der Waals surface area contributed by atoms with Gasteiger partial charge in [-0.05, 0) is 18.1 Å². The van der Waals surface area contributed by atoms with Gasteiger partial charge in [0.2, 0.25) is 10.9 Å². The van der Waals surface area contributed by atoms with Crippen molar-refractivity contribution >= 4 is 39.7 Å². The summed E-state index contributed by atoms with van der Waals surface area (Å²) in [4.78, 5) is 29.3. The maximum Gasteiger partial charge on any atom is 0.275 e. The zero-order valence-electron chi connectivity index (χ0n) is 14.6. The Kier molecular flexibility index (Phi) is 6.05. The second-order valence-electron chi connectivity index (χ2n) is 6.28. The van der Waals surface area contributed by atoms with Gasteiger partial charge >= 0.3 is 0 Å². The maximum atomic E-state index is 12.2. The molecule has 3 rings (SSSR count). The lowest BCUT2D eigenvalue weighted by molar-refractivity contribution is -0.113. The molecule has 0 aliphatic rings. The highest BCUT2D eigenvalue weighted by atomic mass is 32.2. The van der Waals surface area contributed by atoms with Crippen LogP contribution < -0.4 is 10.9 Å². The van der Waals surface area contributed by atoms with E-state index in [1.54, 1.807) is 0 Å². The van der Waals surface area contributed by atoms with Crippen molar-refractivity contribution in [3.8, 4) is 0 Å². The lowest BCUT2D eigenvalue weighted by atomic mass is 10.1. The van der Waals surface area contributed by atoms with Gasteiger partial charge < -0.3 is 5.32 Å². The number of thioether (sulfide) groups is 1. The molecule has 0 radical (unpaired) electrons. The Morgan fingerprint density at radius 1 is 1.31 bits per heavy atom. The number of rotatable bonds is 7. The fourth-order valence-corrected chi connectivity index (χ4v) is 4.22. The van der Waals surface area contributed by atoms with Gasteiger partial charge in [0.05, 0.1) is 11.4 Å². The first kappa shape index (κ1) is 18.6. The van der Waals surface area contributed by atoms with E-state index >= 15 is 0 Å². The standard InChI is InChI=1S/C18H20N4O2S2/c1-12(2)8-16-21-22-17(24)9-14(20-18(22)26-16)10-25-11-15(23)19-13-6-4-3-5-7-13/h3-7,9,12H,8,10-11H2,1-2H3,(H,19,23). The van der Waals surface area contributed by atoms with Crippen LogP contribution in [0.3, 0.4) is 0 Å². The van der Waals surface area contributed by atoms with Crippen LogP contribution in [0.15, 0.2) is 41.2 Å². The van der Waals surface area contributed by atoms with Crippen LogP contribution in [0.5, 0.6) is 0 Å². The van der Waals surface area contributed by atoms with Crippen LogP contribution >= 0.6 is 23.1 Å². The zero-order valence-corrected chi connectivity index (χ0v) is 16.3. The number of nitrogens with zero attached hydrogens (tertiary/aromatic N) is 3. The quantitative estimate of drug-likeness (QED) is 0.672. The van der Waals surface area contributed by atoms with E-state index in [2.05, 4.69) is 29.2 Å². The summed E-state index contributed by atoms with van der Waals surface area (Å²) >= 11 is 2.88. The van der Waals surface area contributed by atoms with Crippen molar-refractivity contribution in [2.45, 2.75) is 26.0 Å². The summed E-state index contributed by atoms with van der Waals surface area (Å²) in [7, 11) is 0. The normalized spacial score (nSPS) is 11.2. The van der Waals surface area contributed by atoms with Gasteiger partial charge in [-0.15, -0.1) is 11.8 Å². The number of hydrogen-bond acceptors (Lipinski definition) is 6. The number of fused-ring (bicyclic) bond motifs is 1. The Hall–Kier alpha value is -2.19. The van der Waals surface area contributed by atoms with Gasteiger partial charge in [0, 0.05) is 23.9 Å². The molecule has 0 aliphatic heterocycles. The molecule has 0 spiro atoms. The first-order valence-electron chi connectivity index (χ1n) is 8.32. The average molecular weight is 389 g/mol. The highest BCUT2D eigenvalue weighted by Gasteiger charge is 2.11. The van der Waals surface area contributed by atoms with E-state index < -0.39 is 0 Å². The van der Waals surface area contributed by atoms with Crippen LogP contribution in [0.2, 0.25) is 0 Å². The molecule has 0 saturated carbocycles. The van der Waals surface area contributed by atoms with Crippen LogP contribution in [0.4, 0.5) is 5.69 Å². The molecule has 0 unspecified atom stereocenters. The Morgan fingerprint density at radius 3 is 2.81 bits per heavy atom. The van der Waals surface area contributed by atoms with Crippen molar-refractivity contribution < 1.29 is 4.79 Å². The van der Waals surface area contributed by atoms with E-state index in [1.807, 2.05) is 30.3 Å². The Labute approximate surface area is 159 Å². The number of nitrogens with one attached hydrogen (secondary N) is 1. The van der Waals surface area contributed by atoms with Crippen LogP contribution in [-0.2, 0) is 17.0 Å². The molecule has 0 bridgehead atoms. The molecule has 2 aromatic heterocycles. The SMILES string of the molecule is CC(C)Cc1nn2c(=O)cc(CSCC(=O)Nc3ccccc3)nc2s1. The molecule has 0 atom stereocenters. The highest BCUT2D eigenvalue weighted by molar-refractivity contribution is 7.99. The topological polar surface area (TPSA) is 76.4 Å². The minimum Gasteiger partial charge on any atom is -0.325 e. The predicted octanol–water partition coefficient (Wildman–Crippen LogP) is 3.22. The third-order valence-electron chi connectivity index (χ3n) is 3.46. The van der Waals surface area contributed by atoms with Crippen molar-refractivity contribution in [2.24, 2.45) is 5.92 Å². The predicted molar refractivity (Wildman–Crippen MR) is 107 cm³/mol. The molecule has 1 aromatic carbocycles. The summed E-state index contributed by atoms with van der Waals surface area (Å²) in [6, 6.07) is 10.8. The van der Waals surface area contributed by atoms with Crippen LogP contribution in [0.1, 0.15) is 24.5 Å². The first-order chi connectivity index (χ1) is 12.5. The van der Waals surface area contributed by atoms with Gasteiger partial charge in [0.25, 0.3) is 5.56 Å². The number of carbonyl (C=O) groups is 1. The Morgan fingerprint density at radius 2 is 2.08 bits per heavy atom. The number of hydrogen-bond donors (Lipinski definition) is 1. The van der Waals surface area contributed by atoms with Crippen molar-refractivity contribution in [3.05, 3.63) is 57.5 Å². The number of benzene rings is 1. The Balaban J connectivity index is 1.60. The average Bonchev–Trinajstić information content (AvgIpc) is 2.98. The van der Waals surface area contributed by atoms with Crippen LogP contribution in [0.25, 0.3) is 4.96 Å². The van der Waals surface area contributed by atoms with Crippen LogP contribution in [-0.4, -0.2) is 26.3 Å². The van der Waals surface area contributed by atoms with E-state index in [1.165, 1.54) is 33.7 Å². The fourth-order valence-electron chi connectivity index (χ4n) is 2.37. The molecule has 8 heteroatoms. The molecule has 0 fully saturated rings. The molecule has 0 saturated heterocycles. The number of anilines is 1. The summed E-state index contributed by atoms with van der Waals surface area (Å²) in [5, 5.41) is 8.09. The van der Waals surface area contributed by atoms with E-state index in [-0.39, 0.29) is 11.5 Å². The summed E-state index contributed by atoms with van der Waals surface area (Å²) < 4.78 is 1.36. The molecule has 0 aliphatic carbocycles. The number of amides is 1. The molecule has 2 heterocycles. The second-order valence-corrected chi connectivity index (χ2v) is 8.31. The van der Waals surface area contributed by atoms with Gasteiger partial charge in [-0.2, -0.15) is 9.61 Å². The van der Waals surface area contributed by atoms with Gasteiger partial charge in [0.1, 0.15) is 5.01 Å². The Bertz CT molecular complexity index is 951. The third-order valence-corrected chi connectivity index (χ3v) is 5.36. The van der Waals surface area contributed by atoms with Crippen molar-refractivity contribution in [1.29, 1.82) is 0 Å². The number of carbonyl (C=O) groups excluding carboxylic acids is 1. The molecule has 26 heavy (non-hydrogen) atoms. The molecule has 136 valence electrons. The highest BCUT2D eigenvalue weighted by Crippen LogP contribution is 2.17. The van der Waals surface area contributed by atoms with Crippen molar-refractivity contribution in [1.82, 2.24) is 14.6 Å². The largest absolute Gasteiger partial charge is 0.325 e. The summed E-state index contributed by atoms with van der Waals surface area (Å²) in [5.41, 5.74) is 1.27. The van der Waals surface area contributed by atoms with Gasteiger partial charge in [-0.1, -0.05) is 43.4 Å². The lowest BCUT2D eigenvalue weighted by Crippen LogP contribution is -2.16. The molecule has 3 aromatic rings. The lowest BCUT2D eigenvalue weighted by Gasteiger charge is -2.04. The molecule has 1 amide bonds. The van der Waals surface area contributed by atoms with E-state index in [9.17, 15) is 9.59 Å². The van der Waals surface area contributed by atoms with E-state index in [0.717, 1.165) is 17.1 Å². The zero-order chi connectivity index (χ0) is 18.5. The van der Waals surface area contributed by atoms with Gasteiger partial charge in [-0.3, -0.25) is 9.59 Å². The monoisotopic (exact) mass is 388 g/mol. The minimum absolute atomic E-state index is 0.0731. The summed E-state index contributed by atoms with van der Waals surface area (Å²) in [6.07, 6.45) is 0.831. The minimum atomic E-state index is -0.175. The van der Waals surface area contributed by atoms with Crippen LogP contribution in [0, 0.1) is 5.92 Å². The molecular weight excluding hydrogens is 368 g/mol. The third kappa shape index (κ3) is 4.92. The smallest absolute Gasteiger partial charge is 0.275 e. The summed E-state index contributed by atoms with van der Waals surface area (Å²) in [5.74, 6) is 1.21. The molecular formula is C18H20N4O2S2.